The molecule has 7 heteroatoms. The topological polar surface area (TPSA) is 93.7 Å². The van der Waals surface area contributed by atoms with Gasteiger partial charge in [-0.25, -0.2) is 4.79 Å². The molecule has 2 aromatic carbocycles. The zero-order valence-electron chi connectivity index (χ0n) is 14.6. The lowest BCUT2D eigenvalue weighted by atomic mass is 10.1. The molecule has 0 radical (unpaired) electrons. The number of benzene rings is 2. The number of carbonyl (C=O) groups excluding carboxylic acids is 3. The summed E-state index contributed by atoms with van der Waals surface area (Å²) in [7, 11) is 0. The maximum atomic E-state index is 11.8. The Kier molecular flexibility index (Phi) is 6.73. The minimum atomic E-state index is -0.683. The van der Waals surface area contributed by atoms with Gasteiger partial charge in [0.2, 0.25) is 0 Å². The number of rotatable bonds is 6. The summed E-state index contributed by atoms with van der Waals surface area (Å²) >= 11 is 0. The van der Waals surface area contributed by atoms with Crippen molar-refractivity contribution in [3.8, 4) is 5.75 Å². The first-order valence-corrected chi connectivity index (χ1v) is 7.96. The summed E-state index contributed by atoms with van der Waals surface area (Å²) in [5.74, 6) is -1.19. The lowest BCUT2D eigenvalue weighted by molar-refractivity contribution is -0.150. The van der Waals surface area contributed by atoms with Crippen LogP contribution in [0.25, 0.3) is 0 Å². The molecule has 0 aliphatic heterocycles. The van der Waals surface area contributed by atoms with Crippen molar-refractivity contribution in [1.82, 2.24) is 10.9 Å². The van der Waals surface area contributed by atoms with E-state index in [1.165, 1.54) is 0 Å². The Morgan fingerprint density at radius 3 is 2.15 bits per heavy atom. The molecule has 2 amide bonds. The van der Waals surface area contributed by atoms with E-state index in [1.54, 1.807) is 30.3 Å². The maximum absolute atomic E-state index is 11.8. The van der Waals surface area contributed by atoms with E-state index in [9.17, 15) is 14.4 Å². The monoisotopic (exact) mass is 356 g/mol. The second kappa shape index (κ2) is 9.22. The second-order valence-corrected chi connectivity index (χ2v) is 5.54. The first-order chi connectivity index (χ1) is 12.5. The zero-order chi connectivity index (χ0) is 18.9. The van der Waals surface area contributed by atoms with Crippen LogP contribution in [0.2, 0.25) is 0 Å². The molecule has 0 unspecified atom stereocenters. The molecule has 0 heterocycles. The Hall–Kier alpha value is -3.35. The smallest absolute Gasteiger partial charge is 0.344 e. The van der Waals surface area contributed by atoms with Crippen LogP contribution in [0.1, 0.15) is 21.5 Å². The van der Waals surface area contributed by atoms with Crippen molar-refractivity contribution in [1.29, 1.82) is 0 Å². The Bertz CT molecular complexity index is 770. The van der Waals surface area contributed by atoms with Gasteiger partial charge in [-0.3, -0.25) is 20.4 Å². The minimum absolute atomic E-state index is 0.310. The Labute approximate surface area is 151 Å². The number of carbonyl (C=O) groups is 3. The molecule has 0 aromatic heterocycles. The van der Waals surface area contributed by atoms with Crippen molar-refractivity contribution in [2.75, 3.05) is 13.2 Å². The summed E-state index contributed by atoms with van der Waals surface area (Å²) < 4.78 is 10.3. The van der Waals surface area contributed by atoms with Crippen molar-refractivity contribution in [3.05, 3.63) is 65.2 Å². The van der Waals surface area contributed by atoms with E-state index in [1.807, 2.05) is 32.0 Å². The molecule has 136 valence electrons. The lowest BCUT2D eigenvalue weighted by Gasteiger charge is -2.11. The molecule has 0 spiro atoms. The fourth-order valence-electron chi connectivity index (χ4n) is 2.17. The van der Waals surface area contributed by atoms with Crippen molar-refractivity contribution >= 4 is 17.8 Å². The minimum Gasteiger partial charge on any atom is -0.481 e. The predicted octanol–water partition coefficient (Wildman–Crippen LogP) is 1.69. The summed E-state index contributed by atoms with van der Waals surface area (Å²) in [6, 6.07) is 14.0. The number of hydrazine groups is 1. The van der Waals surface area contributed by atoms with Gasteiger partial charge in [0, 0.05) is 5.56 Å². The van der Waals surface area contributed by atoms with E-state index in [0.29, 0.717) is 11.3 Å². The van der Waals surface area contributed by atoms with E-state index >= 15 is 0 Å². The summed E-state index contributed by atoms with van der Waals surface area (Å²) in [6.45, 7) is 2.91. The van der Waals surface area contributed by atoms with Crippen LogP contribution in [-0.2, 0) is 14.3 Å². The van der Waals surface area contributed by atoms with Gasteiger partial charge in [0.05, 0.1) is 0 Å². The number of para-hydroxylation sites is 1. The zero-order valence-corrected chi connectivity index (χ0v) is 14.6. The highest BCUT2D eigenvalue weighted by Gasteiger charge is 2.11. The van der Waals surface area contributed by atoms with Crippen LogP contribution in [0.5, 0.6) is 5.75 Å². The fourth-order valence-corrected chi connectivity index (χ4v) is 2.17. The molecule has 0 aliphatic carbocycles. The van der Waals surface area contributed by atoms with Crippen LogP contribution in [0.15, 0.2) is 48.5 Å². The highest BCUT2D eigenvalue weighted by atomic mass is 16.6. The summed E-state index contributed by atoms with van der Waals surface area (Å²) in [6.07, 6.45) is 0. The van der Waals surface area contributed by atoms with Gasteiger partial charge in [-0.1, -0.05) is 36.4 Å². The molecule has 2 rings (SSSR count). The molecule has 0 bridgehead atoms. The largest absolute Gasteiger partial charge is 0.481 e. The third-order valence-corrected chi connectivity index (χ3v) is 3.46. The van der Waals surface area contributed by atoms with Gasteiger partial charge in [0.25, 0.3) is 11.8 Å². The van der Waals surface area contributed by atoms with Crippen LogP contribution in [-0.4, -0.2) is 31.0 Å². The van der Waals surface area contributed by atoms with Gasteiger partial charge in [-0.05, 0) is 37.1 Å². The Morgan fingerprint density at radius 2 is 1.50 bits per heavy atom. The van der Waals surface area contributed by atoms with Crippen LogP contribution in [0.3, 0.4) is 0 Å². The van der Waals surface area contributed by atoms with Gasteiger partial charge in [0.1, 0.15) is 5.75 Å². The number of hydrogen-bond donors (Lipinski definition) is 2. The molecule has 2 aromatic rings. The molecule has 26 heavy (non-hydrogen) atoms. The normalized spacial score (nSPS) is 9.92. The van der Waals surface area contributed by atoms with E-state index in [4.69, 9.17) is 9.47 Å². The average molecular weight is 356 g/mol. The van der Waals surface area contributed by atoms with Gasteiger partial charge in [-0.15, -0.1) is 0 Å². The molecule has 0 saturated heterocycles. The van der Waals surface area contributed by atoms with Crippen LogP contribution in [0.4, 0.5) is 0 Å². The van der Waals surface area contributed by atoms with E-state index < -0.39 is 24.4 Å². The van der Waals surface area contributed by atoms with Crippen molar-refractivity contribution in [3.63, 3.8) is 0 Å². The maximum Gasteiger partial charge on any atom is 0.344 e. The quantitative estimate of drug-likeness (QED) is 0.607. The van der Waals surface area contributed by atoms with Crippen LogP contribution < -0.4 is 15.6 Å². The molecular weight excluding hydrogens is 336 g/mol. The first kappa shape index (κ1) is 19.0. The van der Waals surface area contributed by atoms with E-state index in [0.717, 1.165) is 11.1 Å². The number of ether oxygens (including phenoxy) is 2. The van der Waals surface area contributed by atoms with Gasteiger partial charge >= 0.3 is 5.97 Å². The van der Waals surface area contributed by atoms with Crippen LogP contribution >= 0.6 is 0 Å². The number of hydrogen-bond acceptors (Lipinski definition) is 5. The van der Waals surface area contributed by atoms with E-state index in [2.05, 4.69) is 10.9 Å². The fraction of sp³-hybridized carbons (Fsp3) is 0.211. The summed E-state index contributed by atoms with van der Waals surface area (Å²) in [5, 5.41) is 0. The number of esters is 1. The van der Waals surface area contributed by atoms with Gasteiger partial charge < -0.3 is 9.47 Å². The average Bonchev–Trinajstić information content (AvgIpc) is 2.64. The molecule has 7 nitrogen and oxygen atoms in total. The Balaban J connectivity index is 1.70. The highest BCUT2D eigenvalue weighted by molar-refractivity contribution is 5.95. The SMILES string of the molecule is Cc1cccc(C)c1OCC(=O)OCC(=O)NNC(=O)c1ccccc1. The van der Waals surface area contributed by atoms with Crippen LogP contribution in [0, 0.1) is 13.8 Å². The third kappa shape index (κ3) is 5.62. The van der Waals surface area contributed by atoms with Crippen molar-refractivity contribution in [2.24, 2.45) is 0 Å². The summed E-state index contributed by atoms with van der Waals surface area (Å²) in [5.41, 5.74) is 6.61. The van der Waals surface area contributed by atoms with Gasteiger partial charge in [-0.2, -0.15) is 0 Å². The first-order valence-electron chi connectivity index (χ1n) is 7.96. The highest BCUT2D eigenvalue weighted by Crippen LogP contribution is 2.22. The number of nitrogens with one attached hydrogen (secondary N) is 2. The molecular formula is C19H20N2O5. The van der Waals surface area contributed by atoms with E-state index in [-0.39, 0.29) is 6.61 Å². The molecule has 2 N–H and O–H groups in total. The number of aryl methyl sites for hydroxylation is 2. The second-order valence-electron chi connectivity index (χ2n) is 5.54. The Morgan fingerprint density at radius 1 is 0.846 bits per heavy atom. The molecule has 0 fully saturated rings. The van der Waals surface area contributed by atoms with Crippen molar-refractivity contribution in [2.45, 2.75) is 13.8 Å². The molecule has 0 aliphatic rings. The lowest BCUT2D eigenvalue weighted by Crippen LogP contribution is -2.43. The number of amides is 2. The summed E-state index contributed by atoms with van der Waals surface area (Å²) in [4.78, 5) is 35.1. The molecule has 0 saturated carbocycles. The third-order valence-electron chi connectivity index (χ3n) is 3.46. The predicted molar refractivity (Wildman–Crippen MR) is 94.4 cm³/mol. The standard InChI is InChI=1S/C19H20N2O5/c1-13-7-6-8-14(2)18(13)26-12-17(23)25-11-16(22)20-21-19(24)15-9-4-3-5-10-15/h3-10H,11-12H2,1-2H3,(H,20,22)(H,21,24). The molecule has 0 atom stereocenters. The van der Waals surface area contributed by atoms with Gasteiger partial charge in [0.15, 0.2) is 13.2 Å². The van der Waals surface area contributed by atoms with Crippen molar-refractivity contribution < 1.29 is 23.9 Å².